The molecule has 1 N–H and O–H groups in total. The summed E-state index contributed by atoms with van der Waals surface area (Å²) in [6, 6.07) is 3.08. The molecule has 2 aromatic rings. The number of aliphatic imine (C=N–C) groups is 1. The topological polar surface area (TPSA) is 32.6 Å². The first-order valence-electron chi connectivity index (χ1n) is 7.34. The average Bonchev–Trinajstić information content (AvgIpc) is 2.53. The molecular formula is C17H10F9NO. The summed E-state index contributed by atoms with van der Waals surface area (Å²) in [6.07, 6.45) is -16.0. The second-order valence-electron chi connectivity index (χ2n) is 5.68. The van der Waals surface area contributed by atoms with E-state index >= 15 is 0 Å². The summed E-state index contributed by atoms with van der Waals surface area (Å²) in [4.78, 5) is 3.14. The molecule has 2 nitrogen and oxygen atoms in total. The van der Waals surface area contributed by atoms with Crippen LogP contribution in [0.3, 0.4) is 0 Å². The third kappa shape index (κ3) is 4.57. The Morgan fingerprint density at radius 3 is 1.75 bits per heavy atom. The van der Waals surface area contributed by atoms with Gasteiger partial charge in [-0.05, 0) is 30.7 Å². The number of para-hydroxylation sites is 1. The second-order valence-corrected chi connectivity index (χ2v) is 5.68. The fraction of sp³-hybridized carbons (Fsp3) is 0.235. The van der Waals surface area contributed by atoms with E-state index in [1.54, 1.807) is 0 Å². The monoisotopic (exact) mass is 415 g/mol. The van der Waals surface area contributed by atoms with Gasteiger partial charge in [0.1, 0.15) is 5.75 Å². The molecule has 0 amide bonds. The van der Waals surface area contributed by atoms with E-state index in [2.05, 4.69) is 4.99 Å². The molecule has 0 radical (unpaired) electrons. The molecule has 0 unspecified atom stereocenters. The molecule has 0 heterocycles. The van der Waals surface area contributed by atoms with Gasteiger partial charge >= 0.3 is 18.5 Å². The Bertz CT molecular complexity index is 873. The van der Waals surface area contributed by atoms with E-state index in [1.165, 1.54) is 19.1 Å². The van der Waals surface area contributed by atoms with Crippen LogP contribution in [0.4, 0.5) is 45.2 Å². The first kappa shape index (κ1) is 21.6. The number of benzene rings is 2. The van der Waals surface area contributed by atoms with Gasteiger partial charge in [-0.15, -0.1) is 0 Å². The van der Waals surface area contributed by atoms with Gasteiger partial charge in [-0.2, -0.15) is 39.5 Å². The molecule has 0 aliphatic rings. The van der Waals surface area contributed by atoms with Crippen LogP contribution >= 0.6 is 0 Å². The number of hydrogen-bond donors (Lipinski definition) is 1. The quantitative estimate of drug-likeness (QED) is 0.440. The van der Waals surface area contributed by atoms with Gasteiger partial charge in [-0.3, -0.25) is 4.99 Å². The zero-order valence-corrected chi connectivity index (χ0v) is 13.8. The van der Waals surface area contributed by atoms with Crippen molar-refractivity contribution in [3.05, 3.63) is 58.1 Å². The van der Waals surface area contributed by atoms with Crippen molar-refractivity contribution in [3.8, 4) is 5.75 Å². The maximum atomic E-state index is 13.2. The number of nitrogens with zero attached hydrogens (tertiary/aromatic N) is 1. The maximum absolute atomic E-state index is 13.2. The highest BCUT2D eigenvalue weighted by Crippen LogP contribution is 2.47. The van der Waals surface area contributed by atoms with Crippen LogP contribution in [0.2, 0.25) is 0 Å². The molecule has 0 aliphatic carbocycles. The lowest BCUT2D eigenvalue weighted by Crippen LogP contribution is -2.16. The van der Waals surface area contributed by atoms with E-state index in [9.17, 15) is 44.6 Å². The van der Waals surface area contributed by atoms with Gasteiger partial charge in [0.15, 0.2) is 0 Å². The molecule has 0 bridgehead atoms. The van der Waals surface area contributed by atoms with Crippen LogP contribution in [0.5, 0.6) is 5.75 Å². The molecule has 11 heteroatoms. The van der Waals surface area contributed by atoms with Crippen LogP contribution in [0, 0.1) is 6.92 Å². The molecular weight excluding hydrogens is 405 g/mol. The highest BCUT2D eigenvalue weighted by atomic mass is 19.4. The normalized spacial score (nSPS) is 13.4. The summed E-state index contributed by atoms with van der Waals surface area (Å²) in [7, 11) is 0. The van der Waals surface area contributed by atoms with E-state index in [4.69, 9.17) is 0 Å². The van der Waals surface area contributed by atoms with Crippen molar-refractivity contribution in [1.29, 1.82) is 0 Å². The van der Waals surface area contributed by atoms with E-state index in [1.807, 2.05) is 0 Å². The summed E-state index contributed by atoms with van der Waals surface area (Å²) in [5, 5.41) is 9.80. The fourth-order valence-corrected chi connectivity index (χ4v) is 2.29. The minimum Gasteiger partial charge on any atom is -0.507 e. The summed E-state index contributed by atoms with van der Waals surface area (Å²) in [5.41, 5.74) is -8.17. The van der Waals surface area contributed by atoms with E-state index in [0.29, 0.717) is 6.21 Å². The molecule has 28 heavy (non-hydrogen) atoms. The molecule has 0 aromatic heterocycles. The number of aromatic hydroxyl groups is 1. The highest BCUT2D eigenvalue weighted by Gasteiger charge is 2.44. The lowest BCUT2D eigenvalue weighted by atomic mass is 10.0. The Kier molecular flexibility index (Phi) is 5.41. The summed E-state index contributed by atoms with van der Waals surface area (Å²) < 4.78 is 118. The van der Waals surface area contributed by atoms with Gasteiger partial charge in [-0.25, -0.2) is 0 Å². The first-order valence-corrected chi connectivity index (χ1v) is 7.34. The third-order valence-corrected chi connectivity index (χ3v) is 3.65. The SMILES string of the molecule is Cc1cccc(C=Nc2c(C(F)(F)F)cc(C(F)(F)F)cc2C(F)(F)F)c1O. The number of aryl methyl sites for hydroxylation is 1. The van der Waals surface area contributed by atoms with Gasteiger partial charge in [0.2, 0.25) is 0 Å². The van der Waals surface area contributed by atoms with Crippen LogP contribution in [0.1, 0.15) is 27.8 Å². The summed E-state index contributed by atoms with van der Waals surface area (Å²) >= 11 is 0. The maximum Gasteiger partial charge on any atom is 0.418 e. The summed E-state index contributed by atoms with van der Waals surface area (Å²) in [5.74, 6) is -0.444. The van der Waals surface area contributed by atoms with Crippen molar-refractivity contribution >= 4 is 11.9 Å². The standard InChI is InChI=1S/C17H10F9NO/c1-8-3-2-4-9(14(8)28)7-27-13-11(16(21,22)23)5-10(15(18,19)20)6-12(13)17(24,25)26/h2-7,28H,1H3. The molecule has 0 fully saturated rings. The zero-order valence-electron chi connectivity index (χ0n) is 13.8. The van der Waals surface area contributed by atoms with Gasteiger partial charge in [0, 0.05) is 11.8 Å². The average molecular weight is 415 g/mol. The van der Waals surface area contributed by atoms with Gasteiger partial charge in [0.25, 0.3) is 0 Å². The second kappa shape index (κ2) is 7.02. The number of phenolic OH excluding ortho intramolecular Hbond substituents is 1. The molecule has 0 saturated heterocycles. The largest absolute Gasteiger partial charge is 0.507 e. The van der Waals surface area contributed by atoms with Crippen LogP contribution in [0.15, 0.2) is 35.3 Å². The predicted octanol–water partition coefficient (Wildman–Crippen LogP) is 6.51. The number of phenols is 1. The van der Waals surface area contributed by atoms with Gasteiger partial charge in [-0.1, -0.05) is 12.1 Å². The number of rotatable bonds is 2. The lowest BCUT2D eigenvalue weighted by molar-refractivity contribution is -0.147. The van der Waals surface area contributed by atoms with Crippen LogP contribution in [-0.2, 0) is 18.5 Å². The van der Waals surface area contributed by atoms with Crippen molar-refractivity contribution in [2.24, 2.45) is 4.99 Å². The molecule has 0 aliphatic heterocycles. The number of alkyl halides is 9. The van der Waals surface area contributed by atoms with Crippen LogP contribution in [-0.4, -0.2) is 11.3 Å². The van der Waals surface area contributed by atoms with Crippen molar-refractivity contribution in [1.82, 2.24) is 0 Å². The predicted molar refractivity (Wildman–Crippen MR) is 81.5 cm³/mol. The van der Waals surface area contributed by atoms with Crippen LogP contribution < -0.4 is 0 Å². The van der Waals surface area contributed by atoms with Crippen molar-refractivity contribution in [2.45, 2.75) is 25.5 Å². The minimum absolute atomic E-state index is 0.207. The Morgan fingerprint density at radius 2 is 1.32 bits per heavy atom. The van der Waals surface area contributed by atoms with Crippen molar-refractivity contribution < 1.29 is 44.6 Å². The van der Waals surface area contributed by atoms with E-state index in [0.717, 1.165) is 6.07 Å². The Labute approximate surface area is 151 Å². The van der Waals surface area contributed by atoms with E-state index in [-0.39, 0.29) is 11.1 Å². The number of hydrogen-bond acceptors (Lipinski definition) is 2. The third-order valence-electron chi connectivity index (χ3n) is 3.65. The molecule has 0 atom stereocenters. The molecule has 2 aromatic carbocycles. The van der Waals surface area contributed by atoms with Crippen molar-refractivity contribution in [3.63, 3.8) is 0 Å². The van der Waals surface area contributed by atoms with Crippen LogP contribution in [0.25, 0.3) is 0 Å². The number of halogens is 9. The van der Waals surface area contributed by atoms with Gasteiger partial charge in [0.05, 0.1) is 22.4 Å². The van der Waals surface area contributed by atoms with Gasteiger partial charge < -0.3 is 5.11 Å². The fourth-order valence-electron chi connectivity index (χ4n) is 2.29. The molecule has 0 saturated carbocycles. The molecule has 0 spiro atoms. The van der Waals surface area contributed by atoms with E-state index < -0.39 is 58.8 Å². The zero-order chi connectivity index (χ0) is 21.5. The Balaban J connectivity index is 2.80. The lowest BCUT2D eigenvalue weighted by Gasteiger charge is -2.19. The van der Waals surface area contributed by atoms with Crippen molar-refractivity contribution in [2.75, 3.05) is 0 Å². The summed E-state index contributed by atoms with van der Waals surface area (Å²) in [6.45, 7) is 1.42. The Hall–Kier alpha value is -2.72. The molecule has 152 valence electrons. The molecule has 2 rings (SSSR count). The Morgan fingerprint density at radius 1 is 0.821 bits per heavy atom. The minimum atomic E-state index is -5.54. The smallest absolute Gasteiger partial charge is 0.418 e. The first-order chi connectivity index (χ1) is 12.6. The highest BCUT2D eigenvalue weighted by molar-refractivity contribution is 5.86.